The quantitative estimate of drug-likeness (QED) is 0.195. The van der Waals surface area contributed by atoms with E-state index in [1.54, 1.807) is 0 Å². The normalized spacial score (nSPS) is 36.8. The first-order valence-electron chi connectivity index (χ1n) is 12.5. The van der Waals surface area contributed by atoms with Gasteiger partial charge in [0.25, 0.3) is 0 Å². The molecule has 0 N–H and O–H groups in total. The Balaban J connectivity index is 0.000000149. The zero-order chi connectivity index (χ0) is 30.1. The number of halogens is 12. The van der Waals surface area contributed by atoms with Gasteiger partial charge in [0.15, 0.2) is 67.4 Å². The molecule has 6 rings (SSSR count). The molecule has 6 unspecified atom stereocenters. The molecule has 0 spiro atoms. The first kappa shape index (κ1) is 38.3. The second kappa shape index (κ2) is 14.2. The van der Waals surface area contributed by atoms with Gasteiger partial charge in [0.05, 0.1) is 0 Å². The third kappa shape index (κ3) is 14.3. The number of rotatable bonds is 3. The molecule has 6 bridgehead atoms. The van der Waals surface area contributed by atoms with Gasteiger partial charge in [-0.15, -0.1) is 0 Å². The SMILES string of the molecule is Cl[P+](Cl)=CC12C=CC(CC1)C2.Cl[P+](Cl)=CC12C=CC(CC1)C2.Cl[P+](Cl)=CC12C=CC(CC1)C2.[Cl][W]([Cl])([Cl])([Cl])([Cl])[Cl]. The van der Waals surface area contributed by atoms with Crippen molar-refractivity contribution in [3.63, 3.8) is 0 Å². The molecule has 3 fully saturated rings. The molecule has 0 saturated heterocycles. The van der Waals surface area contributed by atoms with Gasteiger partial charge in [-0.3, -0.25) is 0 Å². The van der Waals surface area contributed by atoms with E-state index in [4.69, 9.17) is 124 Å². The Morgan fingerprint density at radius 1 is 0.500 bits per heavy atom. The zero-order valence-corrected chi connectivity index (χ0v) is 35.8. The van der Waals surface area contributed by atoms with Gasteiger partial charge in [-0.05, 0) is 75.5 Å². The molecular weight excluding hydrogens is 990 g/mol. The Labute approximate surface area is 292 Å². The molecule has 3 saturated carbocycles. The average Bonchev–Trinajstić information content (AvgIpc) is 3.59. The molecule has 6 aliphatic carbocycles. The summed E-state index contributed by atoms with van der Waals surface area (Å²) in [5.74, 6) is 8.84. The Morgan fingerprint density at radius 3 is 0.825 bits per heavy atom. The summed E-state index contributed by atoms with van der Waals surface area (Å²) in [7, 11) is 24.9. The fraction of sp³-hybridized carbons (Fsp3) is 0.625. The summed E-state index contributed by atoms with van der Waals surface area (Å²) in [5.41, 5.74) is 0.875. The van der Waals surface area contributed by atoms with Crippen molar-refractivity contribution in [1.29, 1.82) is 0 Å². The van der Waals surface area contributed by atoms with Gasteiger partial charge in [0.1, 0.15) is 17.4 Å². The van der Waals surface area contributed by atoms with Crippen molar-refractivity contribution in [2.24, 2.45) is 34.0 Å². The van der Waals surface area contributed by atoms with Crippen LogP contribution in [0.3, 0.4) is 0 Å². The van der Waals surface area contributed by atoms with Crippen molar-refractivity contribution >= 4 is 160 Å². The zero-order valence-electron chi connectivity index (χ0n) is 21.1. The molecule has 0 aromatic carbocycles. The van der Waals surface area contributed by atoms with Gasteiger partial charge in [-0.25, -0.2) is 0 Å². The van der Waals surface area contributed by atoms with Crippen molar-refractivity contribution in [2.45, 2.75) is 57.8 Å². The number of fused-ring (bicyclic) bond motifs is 6. The van der Waals surface area contributed by atoms with E-state index < -0.39 is 26.1 Å². The minimum absolute atomic E-state index is 0.292. The number of allylic oxidation sites excluding steroid dienone is 6. The molecule has 16 heteroatoms. The predicted molar refractivity (Wildman–Crippen MR) is 196 cm³/mol. The van der Waals surface area contributed by atoms with E-state index >= 15 is 0 Å². The Bertz CT molecular complexity index is 1000. The maximum atomic E-state index is 5.79. The number of hydrogen-bond donors (Lipinski definition) is 0. The maximum absolute atomic E-state index is 5.79. The van der Waals surface area contributed by atoms with Gasteiger partial charge in [0, 0.05) is 16.2 Å². The fourth-order valence-electron chi connectivity index (χ4n) is 6.43. The second-order valence-electron chi connectivity index (χ2n) is 11.3. The summed E-state index contributed by atoms with van der Waals surface area (Å²) < 4.78 is 0. The van der Waals surface area contributed by atoms with E-state index in [1.165, 1.54) is 57.8 Å². The van der Waals surface area contributed by atoms with E-state index in [1.807, 2.05) is 0 Å². The Kier molecular flexibility index (Phi) is 13.6. The van der Waals surface area contributed by atoms with Gasteiger partial charge in [0.2, 0.25) is 0 Å². The van der Waals surface area contributed by atoms with Gasteiger partial charge >= 0.3 is 82.6 Å². The van der Waals surface area contributed by atoms with Gasteiger partial charge in [-0.2, -0.15) is 0 Å². The topological polar surface area (TPSA) is 0 Å². The summed E-state index contributed by atoms with van der Waals surface area (Å²) in [6.45, 7) is 0. The first-order valence-corrected chi connectivity index (χ1v) is 44.0. The van der Waals surface area contributed by atoms with Crippen LogP contribution >= 0.6 is 143 Å². The van der Waals surface area contributed by atoms with Crippen LogP contribution in [-0.4, -0.2) is 17.4 Å². The van der Waals surface area contributed by atoms with E-state index in [0.29, 0.717) is 16.2 Å². The molecule has 228 valence electrons. The standard InChI is InChI=1S/3C8H10Cl2P.6ClH.W/c3*9-11(10)6-8-3-1-7(5-8)2-4-8;;;;;;;/h3*1,3,6-7H,2,4-5H2;6*1H;/q3*+1;;;;;;;+6/p-6. The van der Waals surface area contributed by atoms with Crippen molar-refractivity contribution in [3.05, 3.63) is 36.5 Å². The van der Waals surface area contributed by atoms with E-state index in [0.717, 1.165) is 17.8 Å². The molecule has 0 heterocycles. The van der Waals surface area contributed by atoms with Crippen LogP contribution in [0.2, 0.25) is 0 Å². The molecule has 0 aliphatic heterocycles. The average molecular weight is 1020 g/mol. The summed E-state index contributed by atoms with van der Waals surface area (Å²) in [6, 6.07) is 0. The molecule has 0 aromatic rings. The summed E-state index contributed by atoms with van der Waals surface area (Å²) >= 11 is 34.7. The van der Waals surface area contributed by atoms with Crippen LogP contribution in [0, 0.1) is 34.0 Å². The van der Waals surface area contributed by atoms with Crippen LogP contribution in [0.5, 0.6) is 0 Å². The molecule has 6 atom stereocenters. The van der Waals surface area contributed by atoms with Crippen LogP contribution in [0.4, 0.5) is 0 Å². The Morgan fingerprint density at radius 2 is 0.725 bits per heavy atom. The molecule has 0 aromatic heterocycles. The molecule has 0 radical (unpaired) electrons. The van der Waals surface area contributed by atoms with Crippen LogP contribution in [0.15, 0.2) is 36.5 Å². The van der Waals surface area contributed by atoms with E-state index in [-0.39, 0.29) is 0 Å². The Hall–Kier alpha value is 3.90. The van der Waals surface area contributed by atoms with Crippen LogP contribution < -0.4 is 0 Å². The summed E-state index contributed by atoms with van der Waals surface area (Å²) in [4.78, 5) is 0. The molecule has 0 amide bonds. The first-order chi connectivity index (χ1) is 18.1. The third-order valence-electron chi connectivity index (χ3n) is 8.03. The third-order valence-corrected chi connectivity index (χ3v) is 11.9. The van der Waals surface area contributed by atoms with Crippen LogP contribution in [0.25, 0.3) is 0 Å². The van der Waals surface area contributed by atoms with Crippen molar-refractivity contribution < 1.29 is 7.31 Å². The van der Waals surface area contributed by atoms with Crippen LogP contribution in [-0.2, 0) is 7.31 Å². The van der Waals surface area contributed by atoms with Crippen molar-refractivity contribution in [2.75, 3.05) is 0 Å². The summed E-state index contributed by atoms with van der Waals surface area (Å²) in [5, 5.41) is 0. The van der Waals surface area contributed by atoms with Crippen LogP contribution in [0.1, 0.15) is 57.8 Å². The fourth-order valence-corrected chi connectivity index (χ4v) is 12.1. The molecule has 0 nitrogen and oxygen atoms in total. The second-order valence-corrected chi connectivity index (χ2v) is 85.3. The van der Waals surface area contributed by atoms with Gasteiger partial charge in [-0.1, -0.05) is 36.5 Å². The van der Waals surface area contributed by atoms with E-state index in [9.17, 15) is 0 Å². The van der Waals surface area contributed by atoms with Crippen molar-refractivity contribution in [1.82, 2.24) is 0 Å². The molecule has 6 aliphatic rings. The van der Waals surface area contributed by atoms with E-state index in [2.05, 4.69) is 53.8 Å². The molecular formula is C24H30Cl12P3W+3. The predicted octanol–water partition coefficient (Wildman–Crippen LogP) is 15.9. The molecule has 40 heavy (non-hydrogen) atoms. The number of hydrogen-bond acceptors (Lipinski definition) is 0. The van der Waals surface area contributed by atoms with Crippen molar-refractivity contribution in [3.8, 4) is 0 Å². The summed E-state index contributed by atoms with van der Waals surface area (Å²) in [6.07, 6.45) is 22.7. The monoisotopic (exact) mass is 1010 g/mol. The van der Waals surface area contributed by atoms with Gasteiger partial charge < -0.3 is 0 Å². The minimum atomic E-state index is -5.47.